The first kappa shape index (κ1) is 15.8. The smallest absolute Gasteiger partial charge is 0.175 e. The number of hydrogen-bond acceptors (Lipinski definition) is 6. The van der Waals surface area contributed by atoms with Gasteiger partial charge >= 0.3 is 0 Å². The molecule has 0 fully saturated rings. The van der Waals surface area contributed by atoms with Crippen LogP contribution >= 0.6 is 0 Å². The second-order valence-corrected chi connectivity index (χ2v) is 3.25. The number of aliphatic hydroxyl groups is 2. The van der Waals surface area contributed by atoms with Crippen molar-refractivity contribution in [1.82, 2.24) is 9.80 Å². The first-order valence-corrected chi connectivity index (χ1v) is 4.63. The number of aliphatic hydroxyl groups excluding tert-OH is 2. The lowest BCUT2D eigenvalue weighted by Gasteiger charge is -2.23. The number of ether oxygens (including phenoxy) is 2. The Balaban J connectivity index is 3.75. The van der Waals surface area contributed by atoms with Gasteiger partial charge in [-0.25, -0.2) is 0 Å². The van der Waals surface area contributed by atoms with Gasteiger partial charge in [-0.1, -0.05) is 0 Å². The molecule has 0 saturated heterocycles. The van der Waals surface area contributed by atoms with Gasteiger partial charge < -0.3 is 19.7 Å². The Morgan fingerprint density at radius 3 is 1.56 bits per heavy atom. The van der Waals surface area contributed by atoms with E-state index in [1.807, 2.05) is 0 Å². The Hall–Kier alpha value is -0.240. The highest BCUT2D eigenvalue weighted by atomic mass is 16.8. The van der Waals surface area contributed by atoms with Gasteiger partial charge in [0.25, 0.3) is 0 Å². The molecule has 0 rings (SSSR count). The van der Waals surface area contributed by atoms with Crippen LogP contribution in [0.15, 0.2) is 0 Å². The van der Waals surface area contributed by atoms with E-state index in [0.29, 0.717) is 0 Å². The van der Waals surface area contributed by atoms with Crippen LogP contribution in [0.1, 0.15) is 6.92 Å². The van der Waals surface area contributed by atoms with Gasteiger partial charge in [-0.3, -0.25) is 9.80 Å². The van der Waals surface area contributed by atoms with Gasteiger partial charge in [0.05, 0.1) is 13.1 Å². The Labute approximate surface area is 97.4 Å². The first-order chi connectivity index (χ1) is 7.31. The van der Waals surface area contributed by atoms with Crippen molar-refractivity contribution in [1.29, 1.82) is 0 Å². The van der Waals surface area contributed by atoms with E-state index in [1.54, 1.807) is 0 Å². The highest BCUT2D eigenvalue weighted by Gasteiger charge is 2.16. The van der Waals surface area contributed by atoms with Crippen LogP contribution in [0.2, 0.25) is 0 Å². The van der Waals surface area contributed by atoms with E-state index in [-0.39, 0.29) is 0 Å². The third-order valence-electron chi connectivity index (χ3n) is 1.39. The number of likely N-dealkylation sites (N-methyl/N-ethyl adjacent to an activating group) is 2. The van der Waals surface area contributed by atoms with Crippen molar-refractivity contribution in [2.45, 2.75) is 25.8 Å². The van der Waals surface area contributed by atoms with Crippen LogP contribution in [0.4, 0.5) is 0 Å². The molecule has 0 aliphatic heterocycles. The standard InChI is InChI=1S/C10H18N2O4/c1-8(15-9(13)6-11(2)3)16-10(14)7-12(4)5/h2,4,6-10,13-14H,1,3,5H3. The van der Waals surface area contributed by atoms with Crippen LogP contribution in [0.25, 0.3) is 0 Å². The molecule has 0 aromatic rings. The summed E-state index contributed by atoms with van der Waals surface area (Å²) >= 11 is 0. The monoisotopic (exact) mass is 230 g/mol. The molecule has 0 aliphatic carbocycles. The van der Waals surface area contributed by atoms with E-state index in [2.05, 4.69) is 0 Å². The van der Waals surface area contributed by atoms with E-state index < -0.39 is 18.9 Å². The lowest BCUT2D eigenvalue weighted by Crippen LogP contribution is -2.31. The zero-order chi connectivity index (χ0) is 12.7. The molecule has 0 aliphatic rings. The quantitative estimate of drug-likeness (QED) is 0.434. The molecule has 6 nitrogen and oxygen atoms in total. The zero-order valence-electron chi connectivity index (χ0n) is 9.65. The molecule has 6 heteroatoms. The lowest BCUT2D eigenvalue weighted by atomic mass is 10.5. The molecule has 2 atom stereocenters. The SMILES string of the molecule is [CH]N(C)[CH]C(O)OC(C)OC(O)[CH]N([CH])C. The molecule has 0 aromatic heterocycles. The molecular weight excluding hydrogens is 212 g/mol. The molecule has 6 radical (unpaired) electrons. The number of hydrogen-bond donors (Lipinski definition) is 2. The second-order valence-electron chi connectivity index (χ2n) is 3.25. The predicted octanol–water partition coefficient (Wildman–Crippen LogP) is -0.473. The number of nitrogens with zero attached hydrogens (tertiary/aromatic N) is 2. The van der Waals surface area contributed by atoms with Crippen molar-refractivity contribution in [3.8, 4) is 0 Å². The van der Waals surface area contributed by atoms with Crippen LogP contribution < -0.4 is 0 Å². The van der Waals surface area contributed by atoms with E-state index in [4.69, 9.17) is 23.6 Å². The highest BCUT2D eigenvalue weighted by Crippen LogP contribution is 2.06. The summed E-state index contributed by atoms with van der Waals surface area (Å²) in [5.74, 6) is 0. The molecule has 0 heterocycles. The van der Waals surface area contributed by atoms with E-state index >= 15 is 0 Å². The highest BCUT2D eigenvalue weighted by molar-refractivity contribution is 4.68. The summed E-state index contributed by atoms with van der Waals surface area (Å²) in [4.78, 5) is 2.29. The molecule has 0 amide bonds. The van der Waals surface area contributed by atoms with Gasteiger partial charge in [0.15, 0.2) is 18.9 Å². The molecule has 16 heavy (non-hydrogen) atoms. The summed E-state index contributed by atoms with van der Waals surface area (Å²) in [7, 11) is 13.6. The Bertz CT molecular complexity index is 160. The van der Waals surface area contributed by atoms with Crippen molar-refractivity contribution < 1.29 is 19.7 Å². The van der Waals surface area contributed by atoms with Crippen LogP contribution in [0, 0.1) is 27.2 Å². The average Bonchev–Trinajstić information content (AvgIpc) is 1.97. The molecule has 0 saturated carbocycles. The van der Waals surface area contributed by atoms with Crippen LogP contribution in [0.5, 0.6) is 0 Å². The minimum absolute atomic E-state index is 0.822. The fourth-order valence-corrected chi connectivity index (χ4v) is 0.897. The fourth-order valence-electron chi connectivity index (χ4n) is 0.897. The Morgan fingerprint density at radius 2 is 1.31 bits per heavy atom. The average molecular weight is 230 g/mol. The van der Waals surface area contributed by atoms with Crippen molar-refractivity contribution in [2.24, 2.45) is 0 Å². The van der Waals surface area contributed by atoms with Gasteiger partial charge in [-0.05, 0) is 21.0 Å². The lowest BCUT2D eigenvalue weighted by molar-refractivity contribution is -0.258. The third kappa shape index (κ3) is 9.02. The summed E-state index contributed by atoms with van der Waals surface area (Å²) in [5.41, 5.74) is 0. The third-order valence-corrected chi connectivity index (χ3v) is 1.39. The van der Waals surface area contributed by atoms with Crippen LogP contribution in [-0.4, -0.2) is 53.0 Å². The predicted molar refractivity (Wildman–Crippen MR) is 56.4 cm³/mol. The van der Waals surface area contributed by atoms with E-state index in [1.165, 1.54) is 34.1 Å². The molecule has 92 valence electrons. The van der Waals surface area contributed by atoms with Crippen LogP contribution in [0.3, 0.4) is 0 Å². The zero-order valence-corrected chi connectivity index (χ0v) is 9.65. The van der Waals surface area contributed by atoms with Crippen molar-refractivity contribution in [3.63, 3.8) is 0 Å². The maximum Gasteiger partial charge on any atom is 0.175 e. The Morgan fingerprint density at radius 1 is 1.00 bits per heavy atom. The molecule has 0 spiro atoms. The summed E-state index contributed by atoms with van der Waals surface area (Å²) in [6.45, 7) is 3.97. The van der Waals surface area contributed by atoms with Gasteiger partial charge in [-0.2, -0.15) is 0 Å². The molecule has 0 aromatic carbocycles. The molecule has 2 unspecified atom stereocenters. The van der Waals surface area contributed by atoms with Crippen molar-refractivity contribution >= 4 is 0 Å². The minimum atomic E-state index is -1.21. The van der Waals surface area contributed by atoms with Crippen molar-refractivity contribution in [3.05, 3.63) is 27.2 Å². The minimum Gasteiger partial charge on any atom is -0.366 e. The summed E-state index contributed by atoms with van der Waals surface area (Å²) < 4.78 is 9.86. The van der Waals surface area contributed by atoms with Crippen molar-refractivity contribution in [2.75, 3.05) is 14.1 Å². The van der Waals surface area contributed by atoms with Crippen LogP contribution in [-0.2, 0) is 9.47 Å². The topological polar surface area (TPSA) is 65.4 Å². The first-order valence-electron chi connectivity index (χ1n) is 4.63. The second kappa shape index (κ2) is 7.94. The largest absolute Gasteiger partial charge is 0.366 e. The van der Waals surface area contributed by atoms with E-state index in [9.17, 15) is 10.2 Å². The molecular formula is C10H18N2O4. The summed E-state index contributed by atoms with van der Waals surface area (Å²) in [6, 6.07) is 0. The molecule has 0 bridgehead atoms. The Kier molecular flexibility index (Phi) is 7.82. The maximum absolute atomic E-state index is 9.28. The number of rotatable bonds is 8. The van der Waals surface area contributed by atoms with Gasteiger partial charge in [0.1, 0.15) is 0 Å². The van der Waals surface area contributed by atoms with Gasteiger partial charge in [-0.15, -0.1) is 0 Å². The van der Waals surface area contributed by atoms with Gasteiger partial charge in [0, 0.05) is 14.1 Å². The fraction of sp³-hybridized carbons (Fsp3) is 0.600. The summed E-state index contributed by atoms with van der Waals surface area (Å²) in [5, 5.41) is 18.6. The van der Waals surface area contributed by atoms with E-state index in [0.717, 1.165) is 9.80 Å². The molecule has 2 N–H and O–H groups in total. The summed E-state index contributed by atoms with van der Waals surface area (Å²) in [6.07, 6.45) is -3.25. The van der Waals surface area contributed by atoms with Gasteiger partial charge in [0.2, 0.25) is 0 Å². The normalized spacial score (nSPS) is 17.8. The maximum atomic E-state index is 9.28.